The number of aliphatic hydroxyl groups is 1. The number of hydrogen-bond donors (Lipinski definition) is 1. The van der Waals surface area contributed by atoms with Crippen LogP contribution in [-0.2, 0) is 6.61 Å². The first-order chi connectivity index (χ1) is 6.81. The summed E-state index contributed by atoms with van der Waals surface area (Å²) in [6.07, 6.45) is 1.51. The minimum atomic E-state index is -0.397. The summed E-state index contributed by atoms with van der Waals surface area (Å²) in [4.78, 5) is 7.91. The molecule has 0 radical (unpaired) electrons. The van der Waals surface area contributed by atoms with Crippen molar-refractivity contribution in [1.82, 2.24) is 9.97 Å². The van der Waals surface area contributed by atoms with Crippen LogP contribution in [0.3, 0.4) is 0 Å². The summed E-state index contributed by atoms with van der Waals surface area (Å²) >= 11 is 1.27. The van der Waals surface area contributed by atoms with Crippen molar-refractivity contribution in [3.8, 4) is 10.7 Å². The van der Waals surface area contributed by atoms with Crippen molar-refractivity contribution in [3.63, 3.8) is 0 Å². The number of aromatic nitrogens is 2. The van der Waals surface area contributed by atoms with E-state index in [1.807, 2.05) is 0 Å². The van der Waals surface area contributed by atoms with Crippen molar-refractivity contribution in [3.05, 3.63) is 35.2 Å². The summed E-state index contributed by atoms with van der Waals surface area (Å²) < 4.78 is 13.2. The monoisotopic (exact) mass is 210 g/mol. The average Bonchev–Trinajstić information content (AvgIpc) is 2.67. The van der Waals surface area contributed by atoms with Gasteiger partial charge < -0.3 is 5.11 Å². The molecule has 0 saturated heterocycles. The van der Waals surface area contributed by atoms with E-state index in [0.717, 1.165) is 0 Å². The lowest BCUT2D eigenvalue weighted by molar-refractivity contribution is 0.278. The molecular formula is C9H7FN2OS. The molecule has 0 aliphatic heterocycles. The zero-order chi connectivity index (χ0) is 9.97. The van der Waals surface area contributed by atoms with Gasteiger partial charge in [0, 0.05) is 11.6 Å². The third-order valence-electron chi connectivity index (χ3n) is 1.67. The average molecular weight is 210 g/mol. The van der Waals surface area contributed by atoms with Crippen LogP contribution in [0.4, 0.5) is 4.39 Å². The Morgan fingerprint density at radius 2 is 2.36 bits per heavy atom. The first-order valence-electron chi connectivity index (χ1n) is 3.97. The molecule has 0 amide bonds. The molecule has 2 heterocycles. The fraction of sp³-hybridized carbons (Fsp3) is 0.111. The number of aliphatic hydroxyl groups excluding tert-OH is 1. The van der Waals surface area contributed by atoms with E-state index < -0.39 is 5.82 Å². The van der Waals surface area contributed by atoms with E-state index in [2.05, 4.69) is 9.97 Å². The lowest BCUT2D eigenvalue weighted by Crippen LogP contribution is -1.88. The molecule has 14 heavy (non-hydrogen) atoms. The lowest BCUT2D eigenvalue weighted by Gasteiger charge is -1.95. The van der Waals surface area contributed by atoms with Gasteiger partial charge in [0.05, 0.1) is 12.3 Å². The molecule has 3 nitrogen and oxygen atoms in total. The lowest BCUT2D eigenvalue weighted by atomic mass is 10.3. The van der Waals surface area contributed by atoms with Gasteiger partial charge in [-0.3, -0.25) is 4.98 Å². The Kier molecular flexibility index (Phi) is 2.51. The smallest absolute Gasteiger partial charge is 0.151 e. The van der Waals surface area contributed by atoms with Crippen molar-refractivity contribution in [2.75, 3.05) is 0 Å². The second-order valence-corrected chi connectivity index (χ2v) is 3.49. The topological polar surface area (TPSA) is 46.0 Å². The highest BCUT2D eigenvalue weighted by atomic mass is 32.1. The molecule has 0 unspecified atom stereocenters. The van der Waals surface area contributed by atoms with Crippen molar-refractivity contribution in [1.29, 1.82) is 0 Å². The molecule has 0 bridgehead atoms. The second kappa shape index (κ2) is 3.81. The summed E-state index contributed by atoms with van der Waals surface area (Å²) in [5, 5.41) is 11.0. The highest BCUT2D eigenvalue weighted by Crippen LogP contribution is 2.23. The minimum Gasteiger partial charge on any atom is -0.390 e. The standard InChI is InChI=1S/C9H7FN2OS/c10-7-2-1-3-11-8(7)9-12-6(4-13)5-14-9/h1-3,5,13H,4H2. The fourth-order valence-electron chi connectivity index (χ4n) is 1.03. The van der Waals surface area contributed by atoms with E-state index in [1.165, 1.54) is 29.7 Å². The number of halogens is 1. The third kappa shape index (κ3) is 1.64. The quantitative estimate of drug-likeness (QED) is 0.822. The van der Waals surface area contributed by atoms with E-state index >= 15 is 0 Å². The van der Waals surface area contributed by atoms with Crippen molar-refractivity contribution in [2.45, 2.75) is 6.61 Å². The number of hydrogen-bond acceptors (Lipinski definition) is 4. The first-order valence-corrected chi connectivity index (χ1v) is 4.85. The zero-order valence-corrected chi connectivity index (χ0v) is 7.96. The molecule has 0 aromatic carbocycles. The maximum absolute atomic E-state index is 13.2. The summed E-state index contributed by atoms with van der Waals surface area (Å²) in [6, 6.07) is 2.86. The summed E-state index contributed by atoms with van der Waals surface area (Å²) in [7, 11) is 0. The fourth-order valence-corrected chi connectivity index (χ4v) is 1.84. The second-order valence-electron chi connectivity index (χ2n) is 2.64. The molecule has 0 atom stereocenters. The maximum Gasteiger partial charge on any atom is 0.151 e. The molecule has 0 aliphatic carbocycles. The van der Waals surface area contributed by atoms with Crippen LogP contribution in [0.1, 0.15) is 5.69 Å². The van der Waals surface area contributed by atoms with Crippen LogP contribution < -0.4 is 0 Å². The van der Waals surface area contributed by atoms with Crippen molar-refractivity contribution >= 4 is 11.3 Å². The Hall–Kier alpha value is -1.33. The molecule has 72 valence electrons. The van der Waals surface area contributed by atoms with E-state index in [-0.39, 0.29) is 12.3 Å². The molecule has 2 rings (SSSR count). The summed E-state index contributed by atoms with van der Waals surface area (Å²) in [5.41, 5.74) is 0.771. The minimum absolute atomic E-state index is 0.134. The SMILES string of the molecule is OCc1csc(-c2ncccc2F)n1. The van der Waals surface area contributed by atoms with Crippen molar-refractivity contribution in [2.24, 2.45) is 0 Å². The molecular weight excluding hydrogens is 203 g/mol. The van der Waals surface area contributed by atoms with Gasteiger partial charge in [0.2, 0.25) is 0 Å². The molecule has 0 fully saturated rings. The Morgan fingerprint density at radius 3 is 3.00 bits per heavy atom. The molecule has 2 aromatic rings. The van der Waals surface area contributed by atoms with Crippen molar-refractivity contribution < 1.29 is 9.50 Å². The predicted octanol–water partition coefficient (Wildman–Crippen LogP) is 1.84. The van der Waals surface area contributed by atoms with E-state index in [9.17, 15) is 4.39 Å². The molecule has 2 aromatic heterocycles. The zero-order valence-electron chi connectivity index (χ0n) is 7.14. The number of nitrogens with zero attached hydrogens (tertiary/aromatic N) is 2. The van der Waals surface area contributed by atoms with Crippen LogP contribution in [-0.4, -0.2) is 15.1 Å². The molecule has 0 saturated carbocycles. The van der Waals surface area contributed by atoms with Gasteiger partial charge in [-0.25, -0.2) is 9.37 Å². The van der Waals surface area contributed by atoms with Gasteiger partial charge in [0.15, 0.2) is 5.82 Å². The van der Waals surface area contributed by atoms with Crippen LogP contribution in [0.5, 0.6) is 0 Å². The van der Waals surface area contributed by atoms with E-state index in [4.69, 9.17) is 5.11 Å². The Bertz CT molecular complexity index is 444. The Balaban J connectivity index is 2.44. The van der Waals surface area contributed by atoms with Crippen LogP contribution in [0.2, 0.25) is 0 Å². The molecule has 0 aliphatic rings. The largest absolute Gasteiger partial charge is 0.390 e. The van der Waals surface area contributed by atoms with Gasteiger partial charge in [-0.1, -0.05) is 0 Å². The number of rotatable bonds is 2. The molecule has 0 spiro atoms. The molecule has 1 N–H and O–H groups in total. The Labute approximate surface area is 83.9 Å². The predicted molar refractivity (Wildman–Crippen MR) is 51.2 cm³/mol. The maximum atomic E-state index is 13.2. The van der Waals surface area contributed by atoms with Gasteiger partial charge in [0.25, 0.3) is 0 Å². The highest BCUT2D eigenvalue weighted by molar-refractivity contribution is 7.13. The summed E-state index contributed by atoms with van der Waals surface area (Å²) in [5.74, 6) is -0.397. The van der Waals surface area contributed by atoms with Crippen LogP contribution >= 0.6 is 11.3 Å². The van der Waals surface area contributed by atoms with E-state index in [0.29, 0.717) is 10.7 Å². The summed E-state index contributed by atoms with van der Waals surface area (Å²) in [6.45, 7) is -0.134. The van der Waals surface area contributed by atoms with Gasteiger partial charge in [-0.05, 0) is 12.1 Å². The van der Waals surface area contributed by atoms with Gasteiger partial charge >= 0.3 is 0 Å². The Morgan fingerprint density at radius 1 is 1.50 bits per heavy atom. The first kappa shape index (κ1) is 9.23. The van der Waals surface area contributed by atoms with E-state index in [1.54, 1.807) is 5.38 Å². The van der Waals surface area contributed by atoms with Gasteiger partial charge in [-0.2, -0.15) is 0 Å². The van der Waals surface area contributed by atoms with Gasteiger partial charge in [0.1, 0.15) is 10.7 Å². The normalized spacial score (nSPS) is 10.4. The number of pyridine rings is 1. The van der Waals surface area contributed by atoms with Gasteiger partial charge in [-0.15, -0.1) is 11.3 Å². The van der Waals surface area contributed by atoms with Crippen LogP contribution in [0.25, 0.3) is 10.7 Å². The van der Waals surface area contributed by atoms with Crippen LogP contribution in [0.15, 0.2) is 23.7 Å². The van der Waals surface area contributed by atoms with Crippen LogP contribution in [0, 0.1) is 5.82 Å². The third-order valence-corrected chi connectivity index (χ3v) is 2.57. The number of thiazole rings is 1. The molecule has 5 heteroatoms. The highest BCUT2D eigenvalue weighted by Gasteiger charge is 2.09.